The lowest BCUT2D eigenvalue weighted by molar-refractivity contribution is 0.102. The van der Waals surface area contributed by atoms with Gasteiger partial charge in [0.25, 0.3) is 11.5 Å². The van der Waals surface area contributed by atoms with E-state index in [9.17, 15) is 9.59 Å². The number of carbonyl (C=O) groups excluding carboxylic acids is 1. The summed E-state index contributed by atoms with van der Waals surface area (Å²) in [4.78, 5) is 24.6. The number of carbonyl (C=O) groups is 1. The van der Waals surface area contributed by atoms with Gasteiger partial charge >= 0.3 is 0 Å². The number of rotatable bonds is 4. The number of tetrazole rings is 1. The number of aromatic nitrogens is 6. The third kappa shape index (κ3) is 3.94. The number of hydrogen-bond acceptors (Lipinski definition) is 7. The number of nitrogens with one attached hydrogen (secondary N) is 1. The first kappa shape index (κ1) is 17.3. The number of anilines is 1. The van der Waals surface area contributed by atoms with Gasteiger partial charge in [0, 0.05) is 29.5 Å². The summed E-state index contributed by atoms with van der Waals surface area (Å²) >= 11 is 4.70. The van der Waals surface area contributed by atoms with Crippen LogP contribution < -0.4 is 10.9 Å². The average molecular weight is 422 g/mol. The highest BCUT2D eigenvalue weighted by molar-refractivity contribution is 9.10. The first-order valence-electron chi connectivity index (χ1n) is 6.99. The van der Waals surface area contributed by atoms with E-state index in [0.29, 0.717) is 10.8 Å². The number of nitrogens with zero attached hydrogens (tertiary/aromatic N) is 6. The Balaban J connectivity index is 1.89. The van der Waals surface area contributed by atoms with Crippen molar-refractivity contribution in [3.8, 4) is 0 Å². The molecule has 0 aliphatic carbocycles. The highest BCUT2D eigenvalue weighted by Gasteiger charge is 2.14. The summed E-state index contributed by atoms with van der Waals surface area (Å²) in [6.07, 6.45) is 0. The minimum Gasteiger partial charge on any atom is -0.320 e. The van der Waals surface area contributed by atoms with Crippen molar-refractivity contribution < 1.29 is 4.79 Å². The lowest BCUT2D eigenvalue weighted by Gasteiger charge is -2.11. The van der Waals surface area contributed by atoms with E-state index >= 15 is 0 Å². The normalized spacial score (nSPS) is 10.7. The molecule has 1 aromatic carbocycles. The number of hydrogen-bond donors (Lipinski definition) is 1. The molecule has 0 bridgehead atoms. The molecule has 0 unspecified atom stereocenters. The fraction of sp³-hybridized carbons (Fsp3) is 0.143. The Bertz CT molecular complexity index is 1000. The van der Waals surface area contributed by atoms with Crippen LogP contribution in [0.1, 0.15) is 10.5 Å². The summed E-state index contributed by atoms with van der Waals surface area (Å²) in [7, 11) is 3.22. The van der Waals surface area contributed by atoms with Crippen LogP contribution in [-0.4, -0.2) is 35.9 Å². The Hall–Kier alpha value is -2.53. The highest BCUT2D eigenvalue weighted by Crippen LogP contribution is 2.34. The van der Waals surface area contributed by atoms with Gasteiger partial charge in [-0.15, -0.1) is 5.10 Å². The summed E-state index contributed by atoms with van der Waals surface area (Å²) in [5.41, 5.74) is 0.423. The maximum absolute atomic E-state index is 12.5. The Kier molecular flexibility index (Phi) is 4.95. The van der Waals surface area contributed by atoms with Crippen molar-refractivity contribution in [3.63, 3.8) is 0 Å². The second-order valence-corrected chi connectivity index (χ2v) is 6.89. The van der Waals surface area contributed by atoms with Crippen LogP contribution in [0.4, 0.5) is 5.69 Å². The Labute approximate surface area is 154 Å². The Morgan fingerprint density at radius 2 is 2.00 bits per heavy atom. The van der Waals surface area contributed by atoms with Crippen molar-refractivity contribution in [2.24, 2.45) is 14.1 Å². The summed E-state index contributed by atoms with van der Waals surface area (Å²) in [5, 5.41) is 18.6. The van der Waals surface area contributed by atoms with Gasteiger partial charge in [-0.05, 0) is 46.5 Å². The van der Waals surface area contributed by atoms with Gasteiger partial charge in [0.15, 0.2) is 0 Å². The summed E-state index contributed by atoms with van der Waals surface area (Å²) < 4.78 is 3.44. The van der Waals surface area contributed by atoms with Crippen molar-refractivity contribution in [2.75, 3.05) is 5.32 Å². The van der Waals surface area contributed by atoms with Gasteiger partial charge in [0.05, 0.1) is 5.69 Å². The molecule has 3 aromatic rings. The summed E-state index contributed by atoms with van der Waals surface area (Å²) in [6, 6.07) is 8.14. The van der Waals surface area contributed by atoms with Gasteiger partial charge in [-0.2, -0.15) is 5.10 Å². The van der Waals surface area contributed by atoms with E-state index in [0.717, 1.165) is 14.1 Å². The topological polar surface area (TPSA) is 108 Å². The van der Waals surface area contributed by atoms with Crippen LogP contribution in [0.3, 0.4) is 0 Å². The minimum atomic E-state index is -0.424. The first-order chi connectivity index (χ1) is 11.9. The first-order valence-corrected chi connectivity index (χ1v) is 8.60. The lowest BCUT2D eigenvalue weighted by atomic mass is 10.3. The number of benzene rings is 1. The molecule has 2 heterocycles. The smallest absolute Gasteiger partial charge is 0.276 e. The Morgan fingerprint density at radius 3 is 2.68 bits per heavy atom. The van der Waals surface area contributed by atoms with Gasteiger partial charge in [-0.1, -0.05) is 15.9 Å². The third-order valence-corrected chi connectivity index (χ3v) is 4.76. The van der Waals surface area contributed by atoms with E-state index in [1.807, 2.05) is 12.1 Å². The van der Waals surface area contributed by atoms with Crippen molar-refractivity contribution in [1.82, 2.24) is 30.0 Å². The van der Waals surface area contributed by atoms with Crippen LogP contribution in [0.5, 0.6) is 0 Å². The number of halogens is 1. The number of aryl methyl sites for hydroxylation is 2. The molecule has 0 saturated heterocycles. The molecular formula is C14H12BrN7O2S. The standard InChI is InChI=1S/C14H12BrN7O2S/c1-21-12(23)6-4-9(18-21)13(24)16-10-7-8(15)3-5-11(10)25-14-17-19-20-22(14)2/h3-7H,1-2H3,(H,16,24). The van der Waals surface area contributed by atoms with Gasteiger partial charge in [0.2, 0.25) is 5.16 Å². The van der Waals surface area contributed by atoms with E-state index in [4.69, 9.17) is 0 Å². The second-order valence-electron chi connectivity index (χ2n) is 4.96. The van der Waals surface area contributed by atoms with Crippen LogP contribution in [0.25, 0.3) is 0 Å². The van der Waals surface area contributed by atoms with E-state index in [2.05, 4.69) is 41.9 Å². The van der Waals surface area contributed by atoms with E-state index in [1.165, 1.54) is 35.6 Å². The SMILES string of the molecule is Cn1nnnc1Sc1ccc(Br)cc1NC(=O)c1ccc(=O)n(C)n1. The summed E-state index contributed by atoms with van der Waals surface area (Å²) in [5.74, 6) is -0.424. The van der Waals surface area contributed by atoms with Crippen molar-refractivity contribution >= 4 is 39.3 Å². The quantitative estimate of drug-likeness (QED) is 0.679. The fourth-order valence-electron chi connectivity index (χ4n) is 1.90. The molecule has 11 heteroatoms. The molecule has 0 aliphatic rings. The molecule has 0 atom stereocenters. The molecule has 0 radical (unpaired) electrons. The monoisotopic (exact) mass is 421 g/mol. The zero-order valence-corrected chi connectivity index (χ0v) is 15.6. The van der Waals surface area contributed by atoms with Crippen molar-refractivity contribution in [3.05, 3.63) is 50.9 Å². The molecule has 0 aliphatic heterocycles. The zero-order chi connectivity index (χ0) is 18.0. The predicted octanol–water partition coefficient (Wildman–Crippen LogP) is 1.47. The molecule has 1 N–H and O–H groups in total. The van der Waals surface area contributed by atoms with Crippen molar-refractivity contribution in [1.29, 1.82) is 0 Å². The molecule has 3 rings (SSSR count). The Morgan fingerprint density at radius 1 is 1.20 bits per heavy atom. The minimum absolute atomic E-state index is 0.137. The van der Waals surface area contributed by atoms with Gasteiger partial charge in [0.1, 0.15) is 5.69 Å². The van der Waals surface area contributed by atoms with Gasteiger partial charge in [-0.25, -0.2) is 9.36 Å². The molecule has 2 aromatic heterocycles. The van der Waals surface area contributed by atoms with Gasteiger partial charge in [-0.3, -0.25) is 9.59 Å². The van der Waals surface area contributed by atoms with Crippen molar-refractivity contribution in [2.45, 2.75) is 10.1 Å². The molecule has 0 fully saturated rings. The molecule has 0 spiro atoms. The van der Waals surface area contributed by atoms with E-state index in [1.54, 1.807) is 13.1 Å². The molecule has 128 valence electrons. The lowest BCUT2D eigenvalue weighted by Crippen LogP contribution is -2.23. The van der Waals surface area contributed by atoms with Crippen LogP contribution in [0.15, 0.2) is 49.7 Å². The molecule has 1 amide bonds. The van der Waals surface area contributed by atoms with Crippen LogP contribution in [0.2, 0.25) is 0 Å². The van der Waals surface area contributed by atoms with E-state index < -0.39 is 5.91 Å². The van der Waals surface area contributed by atoms with E-state index in [-0.39, 0.29) is 11.3 Å². The predicted molar refractivity (Wildman–Crippen MR) is 94.5 cm³/mol. The zero-order valence-electron chi connectivity index (χ0n) is 13.2. The van der Waals surface area contributed by atoms with Crippen LogP contribution >= 0.6 is 27.7 Å². The molecular weight excluding hydrogens is 410 g/mol. The fourth-order valence-corrected chi connectivity index (χ4v) is 3.06. The average Bonchev–Trinajstić information content (AvgIpc) is 2.97. The summed E-state index contributed by atoms with van der Waals surface area (Å²) in [6.45, 7) is 0. The highest BCUT2D eigenvalue weighted by atomic mass is 79.9. The van der Waals surface area contributed by atoms with Gasteiger partial charge < -0.3 is 5.32 Å². The van der Waals surface area contributed by atoms with Crippen LogP contribution in [-0.2, 0) is 14.1 Å². The molecule has 9 nitrogen and oxygen atoms in total. The third-order valence-electron chi connectivity index (χ3n) is 3.17. The maximum Gasteiger partial charge on any atom is 0.276 e. The maximum atomic E-state index is 12.5. The number of amides is 1. The molecule has 25 heavy (non-hydrogen) atoms. The molecule has 0 saturated carbocycles. The second kappa shape index (κ2) is 7.15. The van der Waals surface area contributed by atoms with Crippen LogP contribution in [0, 0.1) is 0 Å². The largest absolute Gasteiger partial charge is 0.320 e.